The van der Waals surface area contributed by atoms with Crippen LogP contribution in [-0.2, 0) is 18.4 Å². The van der Waals surface area contributed by atoms with E-state index in [2.05, 4.69) is 35.1 Å². The van der Waals surface area contributed by atoms with Crippen molar-refractivity contribution in [2.75, 3.05) is 19.6 Å². The summed E-state index contributed by atoms with van der Waals surface area (Å²) in [4.78, 5) is 26.3. The van der Waals surface area contributed by atoms with Gasteiger partial charge in [-0.3, -0.25) is 4.79 Å². The van der Waals surface area contributed by atoms with Crippen LogP contribution in [0.3, 0.4) is 0 Å². The Morgan fingerprint density at radius 3 is 2.68 bits per heavy atom. The first-order valence-corrected chi connectivity index (χ1v) is 9.27. The normalized spacial score (nSPS) is 17.6. The number of rotatable bonds is 6. The minimum atomic E-state index is -0.00177. The van der Waals surface area contributed by atoms with E-state index in [1.54, 1.807) is 0 Å². The van der Waals surface area contributed by atoms with Crippen molar-refractivity contribution in [1.82, 2.24) is 20.1 Å². The Morgan fingerprint density at radius 2 is 2.04 bits per heavy atom. The summed E-state index contributed by atoms with van der Waals surface area (Å²) in [7, 11) is 2.01. The zero-order valence-corrected chi connectivity index (χ0v) is 16.0. The smallest absolute Gasteiger partial charge is 0.317 e. The Bertz CT molecular complexity index is 594. The van der Waals surface area contributed by atoms with E-state index in [0.717, 1.165) is 25.1 Å². The van der Waals surface area contributed by atoms with E-state index in [4.69, 9.17) is 0 Å². The Morgan fingerprint density at radius 1 is 1.28 bits per heavy atom. The third kappa shape index (κ3) is 5.80. The summed E-state index contributed by atoms with van der Waals surface area (Å²) in [5.74, 6) is 0.749. The number of hydrogen-bond donors (Lipinski definition) is 2. The highest BCUT2D eigenvalue weighted by atomic mass is 16.2. The molecule has 140 valence electrons. The second kappa shape index (κ2) is 8.92. The zero-order valence-electron chi connectivity index (χ0n) is 16.0. The number of nitrogens with zero attached hydrogens (tertiary/aromatic N) is 2. The standard InChI is InChI=1S/C19H32N4O2/c1-14(2)11-21-19(25)23-9-5-6-16(13-23)10-18(24)20-12-17-8-7-15(3)22(17)4/h7-8,14,16H,5-6,9-13H2,1-4H3,(H,20,24)(H,21,25). The van der Waals surface area contributed by atoms with Crippen LogP contribution in [0.4, 0.5) is 4.79 Å². The lowest BCUT2D eigenvalue weighted by molar-refractivity contribution is -0.122. The van der Waals surface area contributed by atoms with Crippen LogP contribution < -0.4 is 10.6 Å². The van der Waals surface area contributed by atoms with Crippen LogP contribution >= 0.6 is 0 Å². The minimum Gasteiger partial charge on any atom is -0.351 e. The summed E-state index contributed by atoms with van der Waals surface area (Å²) in [6, 6.07) is 4.09. The van der Waals surface area contributed by atoms with Crippen molar-refractivity contribution in [2.24, 2.45) is 18.9 Å². The summed E-state index contributed by atoms with van der Waals surface area (Å²) in [5, 5.41) is 5.97. The third-order valence-electron chi connectivity index (χ3n) is 4.89. The molecule has 2 rings (SSSR count). The summed E-state index contributed by atoms with van der Waals surface area (Å²) >= 11 is 0. The fourth-order valence-corrected chi connectivity index (χ4v) is 3.19. The van der Waals surface area contributed by atoms with Gasteiger partial charge in [0.2, 0.25) is 5.91 Å². The molecule has 1 atom stereocenters. The lowest BCUT2D eigenvalue weighted by Gasteiger charge is -2.32. The Kier molecular flexibility index (Phi) is 6.91. The number of amides is 3. The van der Waals surface area contributed by atoms with Gasteiger partial charge in [-0.1, -0.05) is 13.8 Å². The van der Waals surface area contributed by atoms with E-state index < -0.39 is 0 Å². The number of carbonyl (C=O) groups is 2. The number of hydrogen-bond acceptors (Lipinski definition) is 2. The molecule has 1 aliphatic heterocycles. The lowest BCUT2D eigenvalue weighted by atomic mass is 9.94. The van der Waals surface area contributed by atoms with Gasteiger partial charge in [0.25, 0.3) is 0 Å². The third-order valence-corrected chi connectivity index (χ3v) is 4.89. The molecule has 0 aliphatic carbocycles. The first-order valence-electron chi connectivity index (χ1n) is 9.27. The van der Waals surface area contributed by atoms with E-state index >= 15 is 0 Å². The van der Waals surface area contributed by atoms with Crippen LogP contribution in [-0.4, -0.2) is 41.0 Å². The van der Waals surface area contributed by atoms with Crippen molar-refractivity contribution >= 4 is 11.9 Å². The average Bonchev–Trinajstić information content (AvgIpc) is 2.90. The van der Waals surface area contributed by atoms with Gasteiger partial charge in [-0.25, -0.2) is 4.79 Å². The summed E-state index contributed by atoms with van der Waals surface area (Å²) in [5.41, 5.74) is 2.28. The minimum absolute atomic E-state index is 0.00177. The Balaban J connectivity index is 1.76. The van der Waals surface area contributed by atoms with Gasteiger partial charge >= 0.3 is 6.03 Å². The molecule has 0 saturated carbocycles. The predicted octanol–water partition coefficient (Wildman–Crippen LogP) is 2.42. The predicted molar refractivity (Wildman–Crippen MR) is 99.1 cm³/mol. The fourth-order valence-electron chi connectivity index (χ4n) is 3.19. The number of aryl methyl sites for hydroxylation is 1. The Hall–Kier alpha value is -1.98. The van der Waals surface area contributed by atoms with Gasteiger partial charge in [0.05, 0.1) is 6.54 Å². The molecule has 0 spiro atoms. The van der Waals surface area contributed by atoms with Gasteiger partial charge in [-0.15, -0.1) is 0 Å². The summed E-state index contributed by atoms with van der Waals surface area (Å²) < 4.78 is 2.09. The average molecular weight is 348 g/mol. The van der Waals surface area contributed by atoms with Crippen molar-refractivity contribution < 1.29 is 9.59 Å². The van der Waals surface area contributed by atoms with Crippen LogP contribution in [0.5, 0.6) is 0 Å². The summed E-state index contributed by atoms with van der Waals surface area (Å²) in [6.07, 6.45) is 2.45. The molecule has 0 radical (unpaired) electrons. The van der Waals surface area contributed by atoms with Gasteiger partial charge < -0.3 is 20.1 Å². The van der Waals surface area contributed by atoms with Crippen molar-refractivity contribution in [3.8, 4) is 0 Å². The first-order chi connectivity index (χ1) is 11.9. The second-order valence-corrected chi connectivity index (χ2v) is 7.54. The van der Waals surface area contributed by atoms with E-state index in [0.29, 0.717) is 32.0 Å². The number of urea groups is 1. The van der Waals surface area contributed by atoms with Gasteiger partial charge in [0, 0.05) is 44.5 Å². The van der Waals surface area contributed by atoms with Crippen LogP contribution in [0.15, 0.2) is 12.1 Å². The monoisotopic (exact) mass is 348 g/mol. The molecule has 1 aromatic rings. The maximum absolute atomic E-state index is 12.3. The lowest BCUT2D eigenvalue weighted by Crippen LogP contribution is -2.47. The number of nitrogens with one attached hydrogen (secondary N) is 2. The number of carbonyl (C=O) groups excluding carboxylic acids is 2. The highest BCUT2D eigenvalue weighted by molar-refractivity contribution is 5.77. The first kappa shape index (κ1) is 19.3. The molecule has 3 amide bonds. The SMILES string of the molecule is Cc1ccc(CNC(=O)CC2CCCN(C(=O)NCC(C)C)C2)n1C. The molecule has 1 fully saturated rings. The number of likely N-dealkylation sites (tertiary alicyclic amines) is 1. The zero-order chi connectivity index (χ0) is 18.4. The Labute approximate surface area is 151 Å². The van der Waals surface area contributed by atoms with Gasteiger partial charge in [-0.2, -0.15) is 0 Å². The van der Waals surface area contributed by atoms with Gasteiger partial charge in [0.15, 0.2) is 0 Å². The largest absolute Gasteiger partial charge is 0.351 e. The van der Waals surface area contributed by atoms with Crippen molar-refractivity contribution in [2.45, 2.75) is 46.6 Å². The maximum atomic E-state index is 12.3. The molecule has 6 nitrogen and oxygen atoms in total. The fraction of sp³-hybridized carbons (Fsp3) is 0.684. The highest BCUT2D eigenvalue weighted by Crippen LogP contribution is 2.19. The molecular weight excluding hydrogens is 316 g/mol. The van der Waals surface area contributed by atoms with Crippen LogP contribution in [0.25, 0.3) is 0 Å². The molecule has 25 heavy (non-hydrogen) atoms. The van der Waals surface area contributed by atoms with Gasteiger partial charge in [-0.05, 0) is 43.7 Å². The summed E-state index contributed by atoms with van der Waals surface area (Å²) in [6.45, 7) is 8.90. The number of aromatic nitrogens is 1. The molecule has 2 heterocycles. The molecule has 1 aromatic heterocycles. The van der Waals surface area contributed by atoms with Crippen molar-refractivity contribution in [3.63, 3.8) is 0 Å². The van der Waals surface area contributed by atoms with Crippen LogP contribution in [0.1, 0.15) is 44.5 Å². The van der Waals surface area contributed by atoms with Crippen molar-refractivity contribution in [3.05, 3.63) is 23.5 Å². The van der Waals surface area contributed by atoms with Crippen LogP contribution in [0.2, 0.25) is 0 Å². The quantitative estimate of drug-likeness (QED) is 0.829. The maximum Gasteiger partial charge on any atom is 0.317 e. The van der Waals surface area contributed by atoms with Crippen molar-refractivity contribution in [1.29, 1.82) is 0 Å². The molecule has 0 bridgehead atoms. The molecular formula is C19H32N4O2. The van der Waals surface area contributed by atoms with Gasteiger partial charge in [0.1, 0.15) is 0 Å². The molecule has 2 N–H and O–H groups in total. The number of piperidine rings is 1. The topological polar surface area (TPSA) is 66.4 Å². The van der Waals surface area contributed by atoms with E-state index in [-0.39, 0.29) is 17.9 Å². The molecule has 1 unspecified atom stereocenters. The molecule has 0 aromatic carbocycles. The highest BCUT2D eigenvalue weighted by Gasteiger charge is 2.25. The van der Waals surface area contributed by atoms with Crippen LogP contribution in [0, 0.1) is 18.8 Å². The van der Waals surface area contributed by atoms with E-state index in [1.807, 2.05) is 24.9 Å². The van der Waals surface area contributed by atoms with E-state index in [9.17, 15) is 9.59 Å². The molecule has 1 aliphatic rings. The molecule has 6 heteroatoms. The second-order valence-electron chi connectivity index (χ2n) is 7.54. The molecule has 1 saturated heterocycles. The van der Waals surface area contributed by atoms with E-state index in [1.165, 1.54) is 5.69 Å².